The second kappa shape index (κ2) is 6.88. The molecule has 0 bridgehead atoms. The fraction of sp³-hybridized carbons (Fsp3) is 0.467. The van der Waals surface area contributed by atoms with Crippen LogP contribution in [0.4, 0.5) is 0 Å². The number of halogens is 1. The van der Waals surface area contributed by atoms with Gasteiger partial charge in [0.15, 0.2) is 0 Å². The van der Waals surface area contributed by atoms with Crippen LogP contribution < -0.4 is 5.32 Å². The Hall–Kier alpha value is -1.36. The summed E-state index contributed by atoms with van der Waals surface area (Å²) in [4.78, 5) is 22.9. The summed E-state index contributed by atoms with van der Waals surface area (Å²) >= 11 is 3.54. The second-order valence-electron chi connectivity index (χ2n) is 4.90. The van der Waals surface area contributed by atoms with E-state index >= 15 is 0 Å². The SMILES string of the molecule is COC(=O)CCCC(=O)N[C@H]1CCc2c(Br)cccc21. The summed E-state index contributed by atoms with van der Waals surface area (Å²) < 4.78 is 5.66. The number of nitrogens with one attached hydrogen (secondary N) is 1. The van der Waals surface area contributed by atoms with Gasteiger partial charge in [0, 0.05) is 17.3 Å². The lowest BCUT2D eigenvalue weighted by Gasteiger charge is -2.14. The Labute approximate surface area is 127 Å². The van der Waals surface area contributed by atoms with E-state index in [1.807, 2.05) is 12.1 Å². The topological polar surface area (TPSA) is 55.4 Å². The smallest absolute Gasteiger partial charge is 0.305 e. The molecule has 108 valence electrons. The van der Waals surface area contributed by atoms with Gasteiger partial charge in [0.2, 0.25) is 5.91 Å². The van der Waals surface area contributed by atoms with E-state index < -0.39 is 0 Å². The van der Waals surface area contributed by atoms with Crippen molar-refractivity contribution in [1.82, 2.24) is 5.32 Å². The molecule has 0 heterocycles. The summed E-state index contributed by atoms with van der Waals surface area (Å²) in [6.07, 6.45) is 3.08. The van der Waals surface area contributed by atoms with Crippen LogP contribution >= 0.6 is 15.9 Å². The first-order valence-electron chi connectivity index (χ1n) is 6.75. The van der Waals surface area contributed by atoms with Gasteiger partial charge in [0.25, 0.3) is 0 Å². The highest BCUT2D eigenvalue weighted by Gasteiger charge is 2.25. The summed E-state index contributed by atoms with van der Waals surface area (Å²) in [6.45, 7) is 0. The molecule has 5 heteroatoms. The minimum atomic E-state index is -0.270. The number of esters is 1. The molecule has 0 saturated carbocycles. The zero-order chi connectivity index (χ0) is 14.5. The zero-order valence-corrected chi connectivity index (χ0v) is 13.0. The van der Waals surface area contributed by atoms with Crippen molar-refractivity contribution in [2.24, 2.45) is 0 Å². The fourth-order valence-corrected chi connectivity index (χ4v) is 3.10. The first-order chi connectivity index (χ1) is 9.61. The normalized spacial score (nSPS) is 16.6. The van der Waals surface area contributed by atoms with Gasteiger partial charge >= 0.3 is 5.97 Å². The van der Waals surface area contributed by atoms with Crippen LogP contribution in [0.1, 0.15) is 42.9 Å². The molecule has 0 fully saturated rings. The van der Waals surface area contributed by atoms with Crippen molar-refractivity contribution in [3.8, 4) is 0 Å². The Bertz CT molecular complexity index is 516. The maximum atomic E-state index is 11.9. The Morgan fingerprint density at radius 3 is 2.95 bits per heavy atom. The maximum Gasteiger partial charge on any atom is 0.305 e. The molecule has 1 aliphatic rings. The number of carbonyl (C=O) groups is 2. The number of ether oxygens (including phenoxy) is 1. The minimum absolute atomic E-state index is 0.00766. The van der Waals surface area contributed by atoms with Gasteiger partial charge in [0.1, 0.15) is 0 Å². The van der Waals surface area contributed by atoms with E-state index in [0.29, 0.717) is 12.8 Å². The molecule has 1 N–H and O–H groups in total. The monoisotopic (exact) mass is 339 g/mol. The number of hydrogen-bond donors (Lipinski definition) is 1. The number of methoxy groups -OCH3 is 1. The molecule has 1 aliphatic carbocycles. The first-order valence-corrected chi connectivity index (χ1v) is 7.54. The van der Waals surface area contributed by atoms with Gasteiger partial charge in [-0.05, 0) is 36.5 Å². The molecule has 0 saturated heterocycles. The number of benzene rings is 1. The number of carbonyl (C=O) groups excluding carboxylic acids is 2. The Kier molecular flexibility index (Phi) is 5.17. The van der Waals surface area contributed by atoms with E-state index in [0.717, 1.165) is 17.3 Å². The molecule has 0 radical (unpaired) electrons. The molecule has 0 aromatic heterocycles. The molecule has 2 rings (SSSR count). The summed E-state index contributed by atoms with van der Waals surface area (Å²) in [5.41, 5.74) is 2.48. The second-order valence-corrected chi connectivity index (χ2v) is 5.75. The van der Waals surface area contributed by atoms with Crippen molar-refractivity contribution >= 4 is 27.8 Å². The zero-order valence-electron chi connectivity index (χ0n) is 11.4. The van der Waals surface area contributed by atoms with Crippen LogP contribution in [-0.2, 0) is 20.7 Å². The lowest BCUT2D eigenvalue weighted by molar-refractivity contribution is -0.140. The van der Waals surface area contributed by atoms with Gasteiger partial charge in [-0.2, -0.15) is 0 Å². The van der Waals surface area contributed by atoms with E-state index in [1.54, 1.807) is 0 Å². The van der Waals surface area contributed by atoms with Gasteiger partial charge in [-0.15, -0.1) is 0 Å². The summed E-state index contributed by atoms with van der Waals surface area (Å²) in [5, 5.41) is 3.04. The highest BCUT2D eigenvalue weighted by atomic mass is 79.9. The van der Waals surface area contributed by atoms with Gasteiger partial charge in [-0.3, -0.25) is 9.59 Å². The van der Waals surface area contributed by atoms with Crippen LogP contribution in [0.15, 0.2) is 22.7 Å². The number of rotatable bonds is 5. The van der Waals surface area contributed by atoms with E-state index in [9.17, 15) is 9.59 Å². The third-order valence-electron chi connectivity index (χ3n) is 3.56. The van der Waals surface area contributed by atoms with Crippen molar-refractivity contribution in [2.45, 2.75) is 38.1 Å². The molecule has 1 aromatic carbocycles. The standard InChI is InChI=1S/C15H18BrNO3/c1-20-15(19)7-3-6-14(18)17-13-9-8-10-11(13)4-2-5-12(10)16/h2,4-5,13H,3,6-9H2,1H3,(H,17,18)/t13-/m0/s1. The van der Waals surface area contributed by atoms with Crippen LogP contribution in [0.3, 0.4) is 0 Å². The lowest BCUT2D eigenvalue weighted by atomic mass is 10.1. The van der Waals surface area contributed by atoms with Crippen molar-refractivity contribution in [3.05, 3.63) is 33.8 Å². The van der Waals surface area contributed by atoms with E-state index in [4.69, 9.17) is 0 Å². The summed E-state index contributed by atoms with van der Waals surface area (Å²) in [7, 11) is 1.36. The van der Waals surface area contributed by atoms with Gasteiger partial charge in [-0.25, -0.2) is 0 Å². The molecular formula is C15H18BrNO3. The number of fused-ring (bicyclic) bond motifs is 1. The molecule has 0 spiro atoms. The Morgan fingerprint density at radius 1 is 1.40 bits per heavy atom. The van der Waals surface area contributed by atoms with E-state index in [1.165, 1.54) is 18.2 Å². The predicted molar refractivity (Wildman–Crippen MR) is 79.2 cm³/mol. The van der Waals surface area contributed by atoms with Crippen molar-refractivity contribution in [2.75, 3.05) is 7.11 Å². The third-order valence-corrected chi connectivity index (χ3v) is 4.30. The predicted octanol–water partition coefficient (Wildman–Crippen LogP) is 2.90. The van der Waals surface area contributed by atoms with Gasteiger partial charge in [-0.1, -0.05) is 28.1 Å². The molecule has 20 heavy (non-hydrogen) atoms. The Morgan fingerprint density at radius 2 is 2.20 bits per heavy atom. The van der Waals surface area contributed by atoms with Crippen LogP contribution in [0.2, 0.25) is 0 Å². The maximum absolute atomic E-state index is 11.9. The van der Waals surface area contributed by atoms with Crippen LogP contribution in [-0.4, -0.2) is 19.0 Å². The molecule has 0 unspecified atom stereocenters. The van der Waals surface area contributed by atoms with Crippen LogP contribution in [0, 0.1) is 0 Å². The number of amides is 1. The highest BCUT2D eigenvalue weighted by Crippen LogP contribution is 2.35. The summed E-state index contributed by atoms with van der Waals surface area (Å²) in [6, 6.07) is 6.17. The average Bonchev–Trinajstić information content (AvgIpc) is 2.83. The van der Waals surface area contributed by atoms with Crippen molar-refractivity contribution in [1.29, 1.82) is 0 Å². The van der Waals surface area contributed by atoms with Gasteiger partial charge in [0.05, 0.1) is 13.2 Å². The molecule has 4 nitrogen and oxygen atoms in total. The quantitative estimate of drug-likeness (QED) is 0.839. The summed E-state index contributed by atoms with van der Waals surface area (Å²) in [5.74, 6) is -0.278. The van der Waals surface area contributed by atoms with E-state index in [-0.39, 0.29) is 24.3 Å². The average molecular weight is 340 g/mol. The van der Waals surface area contributed by atoms with Crippen molar-refractivity contribution < 1.29 is 14.3 Å². The molecule has 0 aliphatic heterocycles. The minimum Gasteiger partial charge on any atom is -0.469 e. The Balaban J connectivity index is 1.85. The first kappa shape index (κ1) is 15.0. The highest BCUT2D eigenvalue weighted by molar-refractivity contribution is 9.10. The fourth-order valence-electron chi connectivity index (χ4n) is 2.52. The molecule has 1 atom stereocenters. The van der Waals surface area contributed by atoms with Crippen LogP contribution in [0.25, 0.3) is 0 Å². The molecular weight excluding hydrogens is 322 g/mol. The van der Waals surface area contributed by atoms with Crippen molar-refractivity contribution in [3.63, 3.8) is 0 Å². The molecule has 1 aromatic rings. The number of hydrogen-bond acceptors (Lipinski definition) is 3. The van der Waals surface area contributed by atoms with Crippen LogP contribution in [0.5, 0.6) is 0 Å². The van der Waals surface area contributed by atoms with E-state index in [2.05, 4.69) is 32.0 Å². The largest absolute Gasteiger partial charge is 0.469 e. The van der Waals surface area contributed by atoms with Gasteiger partial charge < -0.3 is 10.1 Å². The lowest BCUT2D eigenvalue weighted by Crippen LogP contribution is -2.27. The third kappa shape index (κ3) is 3.60. The molecule has 1 amide bonds.